The van der Waals surface area contributed by atoms with Crippen LogP contribution in [-0.4, -0.2) is 64.9 Å². The van der Waals surface area contributed by atoms with E-state index in [0.29, 0.717) is 12.2 Å². The van der Waals surface area contributed by atoms with E-state index in [1.807, 2.05) is 0 Å². The number of nitrogens with zero attached hydrogens (tertiary/aromatic N) is 4. The molecule has 0 aromatic carbocycles. The molecule has 7 nitrogen and oxygen atoms in total. The van der Waals surface area contributed by atoms with Crippen molar-refractivity contribution >= 4 is 5.97 Å². The summed E-state index contributed by atoms with van der Waals surface area (Å²) in [7, 11) is 1.26. The normalized spacial score (nSPS) is 20.5. The Hall–Kier alpha value is -1.68. The van der Waals surface area contributed by atoms with Gasteiger partial charge in [0.2, 0.25) is 0 Å². The predicted molar refractivity (Wildman–Crippen MR) is 63.1 cm³/mol. The molecule has 1 aromatic heterocycles. The fourth-order valence-corrected chi connectivity index (χ4v) is 1.96. The zero-order valence-electron chi connectivity index (χ0n) is 11.3. The van der Waals surface area contributed by atoms with Crippen LogP contribution in [0.15, 0.2) is 6.20 Å². The molecule has 0 amide bonds. The molecular formula is C11H15F3N4O3. The second-order valence-corrected chi connectivity index (χ2v) is 4.62. The molecule has 1 atom stereocenters. The summed E-state index contributed by atoms with van der Waals surface area (Å²) in [4.78, 5) is 12.7. The topological polar surface area (TPSA) is 69.5 Å². The Bertz CT molecular complexity index is 491. The van der Waals surface area contributed by atoms with E-state index in [1.54, 1.807) is 4.90 Å². The second kappa shape index (κ2) is 6.39. The SMILES string of the molecule is COC(=O)Cn1cc(CN2CCOC(C(F)(F)F)C2)nn1. The van der Waals surface area contributed by atoms with Crippen LogP contribution in [0.2, 0.25) is 0 Å². The summed E-state index contributed by atoms with van der Waals surface area (Å²) in [5, 5.41) is 7.55. The van der Waals surface area contributed by atoms with Gasteiger partial charge in [0.05, 0.1) is 25.6 Å². The van der Waals surface area contributed by atoms with Gasteiger partial charge in [0.15, 0.2) is 6.10 Å². The number of carbonyl (C=O) groups is 1. The van der Waals surface area contributed by atoms with Gasteiger partial charge in [-0.15, -0.1) is 5.10 Å². The van der Waals surface area contributed by atoms with E-state index in [-0.39, 0.29) is 26.2 Å². The van der Waals surface area contributed by atoms with Crippen molar-refractivity contribution in [3.63, 3.8) is 0 Å². The second-order valence-electron chi connectivity index (χ2n) is 4.62. The molecule has 0 bridgehead atoms. The number of halogens is 3. The molecule has 1 aromatic rings. The molecule has 2 rings (SSSR count). The number of hydrogen-bond donors (Lipinski definition) is 0. The lowest BCUT2D eigenvalue weighted by Gasteiger charge is -2.33. The van der Waals surface area contributed by atoms with Crippen molar-refractivity contribution in [2.45, 2.75) is 25.4 Å². The van der Waals surface area contributed by atoms with Crippen molar-refractivity contribution in [2.75, 3.05) is 26.8 Å². The molecule has 118 valence electrons. The summed E-state index contributed by atoms with van der Waals surface area (Å²) < 4.78 is 48.3. The Balaban J connectivity index is 1.91. The van der Waals surface area contributed by atoms with Crippen LogP contribution >= 0.6 is 0 Å². The van der Waals surface area contributed by atoms with Gasteiger partial charge in [-0.25, -0.2) is 4.68 Å². The maximum atomic E-state index is 12.6. The number of esters is 1. The highest BCUT2D eigenvalue weighted by molar-refractivity contribution is 5.68. The minimum atomic E-state index is -4.37. The third-order valence-electron chi connectivity index (χ3n) is 3.01. The monoisotopic (exact) mass is 308 g/mol. The molecule has 1 fully saturated rings. The van der Waals surface area contributed by atoms with Crippen LogP contribution in [0.3, 0.4) is 0 Å². The van der Waals surface area contributed by atoms with Gasteiger partial charge in [0.1, 0.15) is 6.54 Å². The van der Waals surface area contributed by atoms with Crippen molar-refractivity contribution in [3.05, 3.63) is 11.9 Å². The predicted octanol–water partition coefficient (Wildman–Crippen LogP) is 0.214. The standard InChI is InChI=1S/C11H15F3N4O3/c1-20-10(19)7-18-5-8(15-16-18)4-17-2-3-21-9(6-17)11(12,13)14/h5,9H,2-4,6-7H2,1H3. The van der Waals surface area contributed by atoms with Gasteiger partial charge in [-0.2, -0.15) is 13.2 Å². The van der Waals surface area contributed by atoms with E-state index >= 15 is 0 Å². The third-order valence-corrected chi connectivity index (χ3v) is 3.01. The first-order chi connectivity index (χ1) is 9.88. The van der Waals surface area contributed by atoms with Crippen LogP contribution in [0.1, 0.15) is 5.69 Å². The van der Waals surface area contributed by atoms with Gasteiger partial charge in [-0.1, -0.05) is 5.21 Å². The first-order valence-electron chi connectivity index (χ1n) is 6.25. The van der Waals surface area contributed by atoms with Crippen LogP contribution in [0.25, 0.3) is 0 Å². The number of aromatic nitrogens is 3. The van der Waals surface area contributed by atoms with Crippen molar-refractivity contribution in [2.24, 2.45) is 0 Å². The van der Waals surface area contributed by atoms with Crippen molar-refractivity contribution in [3.8, 4) is 0 Å². The van der Waals surface area contributed by atoms with Crippen molar-refractivity contribution in [1.29, 1.82) is 0 Å². The Morgan fingerprint density at radius 2 is 2.33 bits per heavy atom. The average molecular weight is 308 g/mol. The van der Waals surface area contributed by atoms with Gasteiger partial charge >= 0.3 is 12.1 Å². The van der Waals surface area contributed by atoms with E-state index in [0.717, 1.165) is 0 Å². The number of rotatable bonds is 4. The number of carbonyl (C=O) groups excluding carboxylic acids is 1. The number of ether oxygens (including phenoxy) is 2. The molecular weight excluding hydrogens is 293 g/mol. The zero-order chi connectivity index (χ0) is 15.5. The van der Waals surface area contributed by atoms with E-state index in [2.05, 4.69) is 15.0 Å². The number of alkyl halides is 3. The summed E-state index contributed by atoms with van der Waals surface area (Å²) in [5.74, 6) is -0.477. The molecule has 1 aliphatic heterocycles. The number of morpholine rings is 1. The molecule has 0 saturated carbocycles. The Morgan fingerprint density at radius 1 is 1.57 bits per heavy atom. The molecule has 1 unspecified atom stereocenters. The van der Waals surface area contributed by atoms with Gasteiger partial charge in [-0.05, 0) is 0 Å². The van der Waals surface area contributed by atoms with E-state index in [4.69, 9.17) is 4.74 Å². The maximum absolute atomic E-state index is 12.6. The maximum Gasteiger partial charge on any atom is 0.415 e. The molecule has 10 heteroatoms. The minimum Gasteiger partial charge on any atom is -0.468 e. The number of hydrogen-bond acceptors (Lipinski definition) is 6. The lowest BCUT2D eigenvalue weighted by Crippen LogP contribution is -2.48. The highest BCUT2D eigenvalue weighted by Crippen LogP contribution is 2.26. The fraction of sp³-hybridized carbons (Fsp3) is 0.727. The molecule has 1 aliphatic rings. The quantitative estimate of drug-likeness (QED) is 0.741. The summed E-state index contributed by atoms with van der Waals surface area (Å²) in [6, 6.07) is 0. The first-order valence-corrected chi connectivity index (χ1v) is 6.25. The minimum absolute atomic E-state index is 0.0144. The van der Waals surface area contributed by atoms with Crippen LogP contribution in [0, 0.1) is 0 Å². The summed E-state index contributed by atoms with van der Waals surface area (Å²) in [6.45, 7) is 0.291. The van der Waals surface area contributed by atoms with Crippen molar-refractivity contribution in [1.82, 2.24) is 19.9 Å². The van der Waals surface area contributed by atoms with Crippen LogP contribution in [-0.2, 0) is 27.4 Å². The van der Waals surface area contributed by atoms with Gasteiger partial charge in [0.25, 0.3) is 0 Å². The molecule has 2 heterocycles. The fourth-order valence-electron chi connectivity index (χ4n) is 1.96. The highest BCUT2D eigenvalue weighted by Gasteiger charge is 2.43. The summed E-state index contributed by atoms with van der Waals surface area (Å²) in [5.41, 5.74) is 0.488. The molecule has 0 radical (unpaired) electrons. The van der Waals surface area contributed by atoms with Crippen molar-refractivity contribution < 1.29 is 27.4 Å². The van der Waals surface area contributed by atoms with Gasteiger partial charge in [0, 0.05) is 19.6 Å². The van der Waals surface area contributed by atoms with Gasteiger partial charge in [-0.3, -0.25) is 9.69 Å². The van der Waals surface area contributed by atoms with E-state index < -0.39 is 18.2 Å². The lowest BCUT2D eigenvalue weighted by molar-refractivity contribution is -0.237. The van der Waals surface area contributed by atoms with Crippen LogP contribution in [0.5, 0.6) is 0 Å². The molecule has 21 heavy (non-hydrogen) atoms. The molecule has 0 aliphatic carbocycles. The molecule has 0 spiro atoms. The number of methoxy groups -OCH3 is 1. The molecule has 0 N–H and O–H groups in total. The zero-order valence-corrected chi connectivity index (χ0v) is 11.3. The highest BCUT2D eigenvalue weighted by atomic mass is 19.4. The lowest BCUT2D eigenvalue weighted by atomic mass is 10.2. The summed E-state index contributed by atoms with van der Waals surface area (Å²) >= 11 is 0. The smallest absolute Gasteiger partial charge is 0.415 e. The van der Waals surface area contributed by atoms with E-state index in [1.165, 1.54) is 18.0 Å². The Morgan fingerprint density at radius 3 is 3.00 bits per heavy atom. The largest absolute Gasteiger partial charge is 0.468 e. The van der Waals surface area contributed by atoms with Crippen LogP contribution < -0.4 is 0 Å². The Labute approximate surface area is 118 Å². The average Bonchev–Trinajstić information content (AvgIpc) is 2.85. The Kier molecular flexibility index (Phi) is 4.78. The van der Waals surface area contributed by atoms with Crippen LogP contribution in [0.4, 0.5) is 13.2 Å². The van der Waals surface area contributed by atoms with E-state index in [9.17, 15) is 18.0 Å². The van der Waals surface area contributed by atoms with Gasteiger partial charge < -0.3 is 9.47 Å². The third kappa shape index (κ3) is 4.39. The molecule has 1 saturated heterocycles. The first kappa shape index (κ1) is 15.7. The summed E-state index contributed by atoms with van der Waals surface area (Å²) in [6.07, 6.45) is -4.65.